The fourth-order valence-electron chi connectivity index (χ4n) is 2.11. The third kappa shape index (κ3) is 3.40. The van der Waals surface area contributed by atoms with Gasteiger partial charge in [0.2, 0.25) is 0 Å². The van der Waals surface area contributed by atoms with Crippen molar-refractivity contribution >= 4 is 17.3 Å². The van der Waals surface area contributed by atoms with Crippen LogP contribution in [0.2, 0.25) is 0 Å². The highest BCUT2D eigenvalue weighted by atomic mass is 16.1. The van der Waals surface area contributed by atoms with E-state index in [2.05, 4.69) is 41.6 Å². The van der Waals surface area contributed by atoms with E-state index in [1.165, 1.54) is 11.1 Å². The smallest absolute Gasteiger partial charge is 0.253 e. The minimum absolute atomic E-state index is 0.0475. The van der Waals surface area contributed by atoms with Crippen LogP contribution in [0.3, 0.4) is 0 Å². The van der Waals surface area contributed by atoms with E-state index < -0.39 is 0 Å². The van der Waals surface area contributed by atoms with E-state index in [1.807, 2.05) is 12.1 Å². The Kier molecular flexibility index (Phi) is 3.60. The van der Waals surface area contributed by atoms with E-state index in [4.69, 9.17) is 0 Å². The molecule has 4 heteroatoms. The predicted molar refractivity (Wildman–Crippen MR) is 83.9 cm³/mol. The summed E-state index contributed by atoms with van der Waals surface area (Å²) < 4.78 is 0. The molecule has 0 radical (unpaired) electrons. The van der Waals surface area contributed by atoms with Gasteiger partial charge in [-0.1, -0.05) is 6.07 Å². The summed E-state index contributed by atoms with van der Waals surface area (Å²) in [6.07, 6.45) is 5.49. The molecule has 1 heterocycles. The number of rotatable bonds is 4. The summed E-state index contributed by atoms with van der Waals surface area (Å²) in [6, 6.07) is 8.38. The number of hydrogen-bond donors (Lipinski definition) is 2. The molecule has 0 saturated heterocycles. The summed E-state index contributed by atoms with van der Waals surface area (Å²) in [6.45, 7) is 4.17. The number of benzene rings is 1. The normalized spacial score (nSPS) is 13.8. The molecular formula is C17H19N3O. The Morgan fingerprint density at radius 3 is 2.62 bits per heavy atom. The van der Waals surface area contributed by atoms with E-state index in [1.54, 1.807) is 12.4 Å². The van der Waals surface area contributed by atoms with Gasteiger partial charge in [0.25, 0.3) is 5.91 Å². The summed E-state index contributed by atoms with van der Waals surface area (Å²) in [5.74, 6) is -0.0475. The molecule has 1 aromatic heterocycles. The van der Waals surface area contributed by atoms with Crippen molar-refractivity contribution in [2.75, 3.05) is 5.32 Å². The number of amides is 1. The van der Waals surface area contributed by atoms with Gasteiger partial charge in [-0.2, -0.15) is 0 Å². The molecule has 1 aromatic carbocycles. The van der Waals surface area contributed by atoms with Crippen LogP contribution in [0, 0.1) is 13.8 Å². The average molecular weight is 281 g/mol. The Bertz CT molecular complexity index is 677. The fourth-order valence-corrected chi connectivity index (χ4v) is 2.11. The van der Waals surface area contributed by atoms with Gasteiger partial charge in [-0.25, -0.2) is 0 Å². The van der Waals surface area contributed by atoms with Gasteiger partial charge in [0.1, 0.15) is 0 Å². The summed E-state index contributed by atoms with van der Waals surface area (Å²) in [5, 5.41) is 6.26. The Hall–Kier alpha value is -2.36. The third-order valence-electron chi connectivity index (χ3n) is 3.71. The molecule has 1 saturated carbocycles. The van der Waals surface area contributed by atoms with Crippen molar-refractivity contribution in [3.05, 3.63) is 53.3 Å². The number of aromatic nitrogens is 1. The van der Waals surface area contributed by atoms with Crippen molar-refractivity contribution in [3.63, 3.8) is 0 Å². The van der Waals surface area contributed by atoms with E-state index in [9.17, 15) is 4.79 Å². The molecule has 0 unspecified atom stereocenters. The van der Waals surface area contributed by atoms with Crippen LogP contribution in [0.15, 0.2) is 36.7 Å². The topological polar surface area (TPSA) is 54.0 Å². The SMILES string of the molecule is Cc1ccc(Nc2cncc(C(=O)NC3CC3)c2)cc1C. The Morgan fingerprint density at radius 2 is 1.90 bits per heavy atom. The lowest BCUT2D eigenvalue weighted by Crippen LogP contribution is -2.25. The maximum atomic E-state index is 12.0. The van der Waals surface area contributed by atoms with Crippen LogP contribution in [0.4, 0.5) is 11.4 Å². The molecule has 2 N–H and O–H groups in total. The highest BCUT2D eigenvalue weighted by molar-refractivity contribution is 5.95. The van der Waals surface area contributed by atoms with Gasteiger partial charge in [0, 0.05) is 17.9 Å². The molecule has 1 aliphatic rings. The number of carbonyl (C=O) groups is 1. The first-order chi connectivity index (χ1) is 10.1. The van der Waals surface area contributed by atoms with E-state index in [-0.39, 0.29) is 5.91 Å². The van der Waals surface area contributed by atoms with Gasteiger partial charge in [0.15, 0.2) is 0 Å². The number of aryl methyl sites for hydroxylation is 2. The maximum Gasteiger partial charge on any atom is 0.253 e. The van der Waals surface area contributed by atoms with E-state index in [0.717, 1.165) is 24.2 Å². The first kappa shape index (κ1) is 13.6. The van der Waals surface area contributed by atoms with Crippen molar-refractivity contribution in [3.8, 4) is 0 Å². The zero-order valence-corrected chi connectivity index (χ0v) is 12.3. The van der Waals surface area contributed by atoms with Gasteiger partial charge in [-0.3, -0.25) is 9.78 Å². The molecule has 0 bridgehead atoms. The molecule has 2 aromatic rings. The Balaban J connectivity index is 1.75. The summed E-state index contributed by atoms with van der Waals surface area (Å²) in [4.78, 5) is 16.2. The van der Waals surface area contributed by atoms with E-state index in [0.29, 0.717) is 11.6 Å². The Morgan fingerprint density at radius 1 is 1.10 bits per heavy atom. The average Bonchev–Trinajstić information content (AvgIpc) is 3.27. The zero-order chi connectivity index (χ0) is 14.8. The van der Waals surface area contributed by atoms with Crippen LogP contribution in [-0.4, -0.2) is 16.9 Å². The Labute approximate surface area is 124 Å². The second-order valence-corrected chi connectivity index (χ2v) is 5.63. The number of hydrogen-bond acceptors (Lipinski definition) is 3. The quantitative estimate of drug-likeness (QED) is 0.903. The predicted octanol–water partition coefficient (Wildman–Crippen LogP) is 3.33. The lowest BCUT2D eigenvalue weighted by Gasteiger charge is -2.10. The van der Waals surface area contributed by atoms with Crippen LogP contribution in [0.5, 0.6) is 0 Å². The fraction of sp³-hybridized carbons (Fsp3) is 0.294. The molecular weight excluding hydrogens is 262 g/mol. The van der Waals surface area contributed by atoms with Crippen molar-refractivity contribution in [2.24, 2.45) is 0 Å². The first-order valence-electron chi connectivity index (χ1n) is 7.22. The van der Waals surface area contributed by atoms with Crippen molar-refractivity contribution in [2.45, 2.75) is 32.7 Å². The lowest BCUT2D eigenvalue weighted by atomic mass is 10.1. The summed E-state index contributed by atoms with van der Waals surface area (Å²) in [7, 11) is 0. The molecule has 1 fully saturated rings. The van der Waals surface area contributed by atoms with Gasteiger partial charge in [-0.15, -0.1) is 0 Å². The van der Waals surface area contributed by atoms with Gasteiger partial charge in [0.05, 0.1) is 17.4 Å². The monoisotopic (exact) mass is 281 g/mol. The molecule has 3 rings (SSSR count). The second-order valence-electron chi connectivity index (χ2n) is 5.63. The summed E-state index contributed by atoms with van der Waals surface area (Å²) in [5.41, 5.74) is 4.91. The van der Waals surface area contributed by atoms with Crippen molar-refractivity contribution in [1.29, 1.82) is 0 Å². The summed E-state index contributed by atoms with van der Waals surface area (Å²) >= 11 is 0. The standard InChI is InChI=1S/C17H19N3O/c1-11-3-4-15(7-12(11)2)19-16-8-13(9-18-10-16)17(21)20-14-5-6-14/h3-4,7-10,14,19H,5-6H2,1-2H3,(H,20,21). The molecule has 1 aliphatic carbocycles. The van der Waals surface area contributed by atoms with Crippen LogP contribution in [-0.2, 0) is 0 Å². The van der Waals surface area contributed by atoms with Crippen LogP contribution >= 0.6 is 0 Å². The largest absolute Gasteiger partial charge is 0.354 e. The van der Waals surface area contributed by atoms with Crippen LogP contribution < -0.4 is 10.6 Å². The second kappa shape index (κ2) is 5.56. The highest BCUT2D eigenvalue weighted by Crippen LogP contribution is 2.21. The molecule has 0 atom stereocenters. The highest BCUT2D eigenvalue weighted by Gasteiger charge is 2.23. The van der Waals surface area contributed by atoms with Gasteiger partial charge < -0.3 is 10.6 Å². The number of carbonyl (C=O) groups excluding carboxylic acids is 1. The minimum Gasteiger partial charge on any atom is -0.354 e. The molecule has 1 amide bonds. The molecule has 0 aliphatic heterocycles. The zero-order valence-electron chi connectivity index (χ0n) is 12.3. The molecule has 0 spiro atoms. The first-order valence-corrected chi connectivity index (χ1v) is 7.22. The lowest BCUT2D eigenvalue weighted by molar-refractivity contribution is 0.0951. The minimum atomic E-state index is -0.0475. The number of anilines is 2. The maximum absolute atomic E-state index is 12.0. The van der Waals surface area contributed by atoms with Crippen LogP contribution in [0.1, 0.15) is 34.3 Å². The molecule has 108 valence electrons. The third-order valence-corrected chi connectivity index (χ3v) is 3.71. The van der Waals surface area contributed by atoms with Gasteiger partial charge in [-0.05, 0) is 56.0 Å². The van der Waals surface area contributed by atoms with Crippen LogP contribution in [0.25, 0.3) is 0 Å². The number of nitrogens with one attached hydrogen (secondary N) is 2. The van der Waals surface area contributed by atoms with Crippen molar-refractivity contribution in [1.82, 2.24) is 10.3 Å². The van der Waals surface area contributed by atoms with E-state index >= 15 is 0 Å². The molecule has 4 nitrogen and oxygen atoms in total. The number of pyridine rings is 1. The van der Waals surface area contributed by atoms with Gasteiger partial charge >= 0.3 is 0 Å². The number of nitrogens with zero attached hydrogens (tertiary/aromatic N) is 1. The van der Waals surface area contributed by atoms with Crippen molar-refractivity contribution < 1.29 is 4.79 Å². The molecule has 21 heavy (non-hydrogen) atoms.